The van der Waals surface area contributed by atoms with Gasteiger partial charge in [0.2, 0.25) is 0 Å². The van der Waals surface area contributed by atoms with Crippen LogP contribution in [0.4, 0.5) is 8.78 Å². The monoisotopic (exact) mass is 447 g/mol. The zero-order valence-corrected chi connectivity index (χ0v) is 18.0. The zero-order valence-electron chi connectivity index (χ0n) is 17.2. The van der Waals surface area contributed by atoms with Gasteiger partial charge in [-0.3, -0.25) is 9.13 Å². The number of thioether (sulfide) groups is 1. The summed E-state index contributed by atoms with van der Waals surface area (Å²) < 4.78 is 30.5. The van der Waals surface area contributed by atoms with Crippen molar-refractivity contribution in [2.24, 2.45) is 0 Å². The van der Waals surface area contributed by atoms with Gasteiger partial charge in [0.15, 0.2) is 11.0 Å². The van der Waals surface area contributed by atoms with E-state index in [2.05, 4.69) is 15.2 Å². The third-order valence-corrected chi connectivity index (χ3v) is 6.08. The number of hydrogen-bond acceptors (Lipinski definition) is 4. The quantitative estimate of drug-likeness (QED) is 0.288. The number of hydrogen-bond donors (Lipinski definition) is 0. The topological polar surface area (TPSA) is 48.5 Å². The molecule has 2 aromatic heterocycles. The second kappa shape index (κ2) is 8.55. The first-order valence-corrected chi connectivity index (χ1v) is 11.0. The summed E-state index contributed by atoms with van der Waals surface area (Å²) in [4.78, 5) is 4.43. The normalized spacial score (nSPS) is 11.5. The average Bonchev–Trinajstić information content (AvgIpc) is 3.40. The molecule has 0 saturated heterocycles. The first-order valence-electron chi connectivity index (χ1n) is 10.1. The highest BCUT2D eigenvalue weighted by molar-refractivity contribution is 7.98. The molecule has 0 aliphatic carbocycles. The second-order valence-electron chi connectivity index (χ2n) is 7.30. The van der Waals surface area contributed by atoms with Crippen LogP contribution in [0.2, 0.25) is 0 Å². The van der Waals surface area contributed by atoms with Crippen LogP contribution in [0, 0.1) is 6.92 Å². The first kappa shape index (κ1) is 20.4. The number of para-hydroxylation sites is 2. The van der Waals surface area contributed by atoms with Crippen LogP contribution in [-0.2, 0) is 5.75 Å². The van der Waals surface area contributed by atoms with Crippen LogP contribution in [-0.4, -0.2) is 24.3 Å². The lowest BCUT2D eigenvalue weighted by Gasteiger charge is -2.11. The Morgan fingerprint density at radius 3 is 2.34 bits per heavy atom. The lowest BCUT2D eigenvalue weighted by molar-refractivity contribution is 0.0722. The van der Waals surface area contributed by atoms with Crippen molar-refractivity contribution in [2.75, 3.05) is 0 Å². The maximum Gasteiger partial charge on any atom is 0.320 e. The van der Waals surface area contributed by atoms with E-state index in [1.54, 1.807) is 24.3 Å². The summed E-state index contributed by atoms with van der Waals surface area (Å²) in [6.07, 6.45) is 0. The SMILES string of the molecule is Cc1ccc(-n2c(SCc3nc4ccccc4n3C(F)F)nnc2-c2ccccc2)cc1. The maximum atomic E-state index is 13.8. The lowest BCUT2D eigenvalue weighted by atomic mass is 10.2. The molecule has 0 aliphatic heterocycles. The van der Waals surface area contributed by atoms with E-state index in [9.17, 15) is 8.78 Å². The summed E-state index contributed by atoms with van der Waals surface area (Å²) in [5.41, 5.74) is 3.94. The Kier molecular flexibility index (Phi) is 5.45. The minimum Gasteiger partial charge on any atom is -0.270 e. The summed E-state index contributed by atoms with van der Waals surface area (Å²) in [6.45, 7) is -0.647. The van der Waals surface area contributed by atoms with Gasteiger partial charge in [-0.25, -0.2) is 4.98 Å². The Morgan fingerprint density at radius 2 is 1.59 bits per heavy atom. The Hall–Kier alpha value is -3.52. The summed E-state index contributed by atoms with van der Waals surface area (Å²) >= 11 is 1.33. The molecule has 0 atom stereocenters. The molecule has 8 heteroatoms. The molecule has 5 aromatic rings. The molecule has 0 amide bonds. The molecule has 5 nitrogen and oxygen atoms in total. The number of aromatic nitrogens is 5. The Labute approximate surface area is 187 Å². The highest BCUT2D eigenvalue weighted by Crippen LogP contribution is 2.32. The van der Waals surface area contributed by atoms with Gasteiger partial charge in [-0.15, -0.1) is 10.2 Å². The highest BCUT2D eigenvalue weighted by Gasteiger charge is 2.20. The van der Waals surface area contributed by atoms with Gasteiger partial charge in [0, 0.05) is 11.3 Å². The van der Waals surface area contributed by atoms with Gasteiger partial charge in [0.25, 0.3) is 0 Å². The fraction of sp³-hybridized carbons (Fsp3) is 0.125. The molecule has 0 aliphatic rings. The average molecular weight is 448 g/mol. The van der Waals surface area contributed by atoms with Gasteiger partial charge in [-0.1, -0.05) is 71.9 Å². The van der Waals surface area contributed by atoms with E-state index in [4.69, 9.17) is 0 Å². The predicted molar refractivity (Wildman–Crippen MR) is 122 cm³/mol. The summed E-state index contributed by atoms with van der Waals surface area (Å²) in [6, 6.07) is 24.8. The van der Waals surface area contributed by atoms with Crippen LogP contribution < -0.4 is 0 Å². The molecule has 0 fully saturated rings. The van der Waals surface area contributed by atoms with Crippen molar-refractivity contribution >= 4 is 22.8 Å². The number of fused-ring (bicyclic) bond motifs is 1. The second-order valence-corrected chi connectivity index (χ2v) is 8.24. The Balaban J connectivity index is 1.55. The van der Waals surface area contributed by atoms with Crippen molar-refractivity contribution in [1.29, 1.82) is 0 Å². The molecule has 0 radical (unpaired) electrons. The summed E-state index contributed by atoms with van der Waals surface area (Å²) in [5, 5.41) is 9.41. The van der Waals surface area contributed by atoms with Crippen LogP contribution in [0.1, 0.15) is 17.9 Å². The Bertz CT molecular complexity index is 1360. The molecule has 0 spiro atoms. The minimum atomic E-state index is -2.67. The molecule has 3 aromatic carbocycles. The third kappa shape index (κ3) is 3.78. The van der Waals surface area contributed by atoms with Crippen LogP contribution in [0.5, 0.6) is 0 Å². The molecule has 0 unspecified atom stereocenters. The van der Waals surface area contributed by atoms with E-state index in [0.29, 0.717) is 27.8 Å². The van der Waals surface area contributed by atoms with E-state index < -0.39 is 6.55 Å². The van der Waals surface area contributed by atoms with E-state index in [1.165, 1.54) is 11.8 Å². The van der Waals surface area contributed by atoms with Crippen molar-refractivity contribution in [3.63, 3.8) is 0 Å². The molecular formula is C24H19F2N5S. The third-order valence-electron chi connectivity index (χ3n) is 5.15. The van der Waals surface area contributed by atoms with Crippen LogP contribution in [0.15, 0.2) is 84.0 Å². The number of benzene rings is 3. The van der Waals surface area contributed by atoms with Crippen molar-refractivity contribution in [3.05, 3.63) is 90.3 Å². The fourth-order valence-corrected chi connectivity index (χ4v) is 4.49. The van der Waals surface area contributed by atoms with Gasteiger partial charge < -0.3 is 0 Å². The van der Waals surface area contributed by atoms with Crippen molar-refractivity contribution in [3.8, 4) is 17.1 Å². The van der Waals surface area contributed by atoms with E-state index >= 15 is 0 Å². The lowest BCUT2D eigenvalue weighted by Crippen LogP contribution is -2.04. The smallest absolute Gasteiger partial charge is 0.270 e. The van der Waals surface area contributed by atoms with Crippen molar-refractivity contribution in [2.45, 2.75) is 24.4 Å². The summed E-state index contributed by atoms with van der Waals surface area (Å²) in [5.74, 6) is 1.22. The predicted octanol–water partition coefficient (Wildman–Crippen LogP) is 6.28. The zero-order chi connectivity index (χ0) is 22.1. The minimum absolute atomic E-state index is 0.234. The van der Waals surface area contributed by atoms with Crippen LogP contribution in [0.25, 0.3) is 28.1 Å². The van der Waals surface area contributed by atoms with Crippen molar-refractivity contribution in [1.82, 2.24) is 24.3 Å². The van der Waals surface area contributed by atoms with E-state index in [-0.39, 0.29) is 5.75 Å². The van der Waals surface area contributed by atoms with E-state index in [1.807, 2.05) is 66.1 Å². The molecule has 32 heavy (non-hydrogen) atoms. The van der Waals surface area contributed by atoms with Gasteiger partial charge in [-0.05, 0) is 31.2 Å². The van der Waals surface area contributed by atoms with Gasteiger partial charge in [0.05, 0.1) is 16.8 Å². The molecule has 2 heterocycles. The number of alkyl halides is 2. The van der Waals surface area contributed by atoms with Gasteiger partial charge >= 0.3 is 6.55 Å². The van der Waals surface area contributed by atoms with Crippen molar-refractivity contribution < 1.29 is 8.78 Å². The molecule has 5 rings (SSSR count). The molecule has 0 N–H and O–H groups in total. The van der Waals surface area contributed by atoms with E-state index in [0.717, 1.165) is 21.4 Å². The first-order chi connectivity index (χ1) is 15.6. The molecule has 0 saturated carbocycles. The number of rotatable bonds is 6. The largest absolute Gasteiger partial charge is 0.320 e. The molecule has 160 valence electrons. The number of nitrogens with zero attached hydrogens (tertiary/aromatic N) is 5. The fourth-order valence-electron chi connectivity index (χ4n) is 3.61. The number of aryl methyl sites for hydroxylation is 1. The molecular weight excluding hydrogens is 428 g/mol. The number of halogens is 2. The van der Waals surface area contributed by atoms with Crippen LogP contribution >= 0.6 is 11.8 Å². The maximum absolute atomic E-state index is 13.8. The number of imidazole rings is 1. The van der Waals surface area contributed by atoms with Gasteiger partial charge in [0.1, 0.15) is 5.82 Å². The Morgan fingerprint density at radius 1 is 0.875 bits per heavy atom. The van der Waals surface area contributed by atoms with Crippen LogP contribution in [0.3, 0.4) is 0 Å². The highest BCUT2D eigenvalue weighted by atomic mass is 32.2. The standard InChI is InChI=1S/C24H19F2N5S/c1-16-11-13-18(14-12-16)30-22(17-7-3-2-4-8-17)28-29-24(30)32-15-21-27-19-9-5-6-10-20(19)31(21)23(25)26/h2-14,23H,15H2,1H3. The summed E-state index contributed by atoms with van der Waals surface area (Å²) in [7, 11) is 0. The molecule has 0 bridgehead atoms. The van der Waals surface area contributed by atoms with Gasteiger partial charge in [-0.2, -0.15) is 8.78 Å².